The molecule has 0 aliphatic heterocycles. The highest BCUT2D eigenvalue weighted by molar-refractivity contribution is 7.98. The average Bonchev–Trinajstić information content (AvgIpc) is 2.59. The van der Waals surface area contributed by atoms with E-state index in [2.05, 4.69) is 30.9 Å². The molecular weight excluding hydrogens is 357 g/mol. The van der Waals surface area contributed by atoms with Crippen molar-refractivity contribution in [1.29, 1.82) is 0 Å². The van der Waals surface area contributed by atoms with E-state index < -0.39 is 17.6 Å². The van der Waals surface area contributed by atoms with Crippen LogP contribution in [-0.4, -0.2) is 40.7 Å². The Morgan fingerprint density at radius 2 is 1.92 bits per heavy atom. The van der Waals surface area contributed by atoms with Gasteiger partial charge in [0.05, 0.1) is 12.1 Å². The van der Waals surface area contributed by atoms with Crippen molar-refractivity contribution in [2.24, 2.45) is 0 Å². The van der Waals surface area contributed by atoms with Gasteiger partial charge in [-0.1, -0.05) is 17.8 Å². The summed E-state index contributed by atoms with van der Waals surface area (Å²) in [4.78, 5) is 24.0. The summed E-state index contributed by atoms with van der Waals surface area (Å²) in [6.07, 6.45) is -2.67. The van der Waals surface area contributed by atoms with Gasteiger partial charge in [0.1, 0.15) is 0 Å². The minimum atomic E-state index is -4.44. The van der Waals surface area contributed by atoms with Crippen LogP contribution in [0.3, 0.4) is 0 Å². The summed E-state index contributed by atoms with van der Waals surface area (Å²) in [5.74, 6) is -0.155. The predicted molar refractivity (Wildman–Crippen MR) is 89.7 cm³/mol. The second kappa shape index (κ2) is 8.01. The number of nitrogens with one attached hydrogen (secondary N) is 3. The third-order valence-corrected chi connectivity index (χ3v) is 3.46. The Bertz CT molecular complexity index is 733. The molecule has 1 heterocycles. The van der Waals surface area contributed by atoms with E-state index in [9.17, 15) is 18.0 Å². The van der Waals surface area contributed by atoms with E-state index in [0.717, 1.165) is 12.1 Å². The summed E-state index contributed by atoms with van der Waals surface area (Å²) in [6, 6.07) is 4.59. The van der Waals surface area contributed by atoms with E-state index in [1.54, 1.807) is 13.3 Å². The van der Waals surface area contributed by atoms with Gasteiger partial charge in [0.15, 0.2) is 5.16 Å². The molecule has 0 spiro atoms. The van der Waals surface area contributed by atoms with E-state index in [0.29, 0.717) is 11.1 Å². The molecule has 3 N–H and O–H groups in total. The van der Waals surface area contributed by atoms with Crippen LogP contribution in [0.2, 0.25) is 0 Å². The SMILES string of the molecule is CNc1nc(NC(=O)CNc2cccc(C(F)(F)F)c2)nc(SC)n1. The average molecular weight is 372 g/mol. The van der Waals surface area contributed by atoms with Gasteiger partial charge in [-0.05, 0) is 24.5 Å². The van der Waals surface area contributed by atoms with Gasteiger partial charge >= 0.3 is 6.18 Å². The number of carbonyl (C=O) groups is 1. The lowest BCUT2D eigenvalue weighted by Gasteiger charge is -2.11. The number of anilines is 3. The highest BCUT2D eigenvalue weighted by Crippen LogP contribution is 2.30. The normalized spacial score (nSPS) is 11.1. The van der Waals surface area contributed by atoms with E-state index in [-0.39, 0.29) is 18.2 Å². The molecule has 2 rings (SSSR count). The number of alkyl halides is 3. The van der Waals surface area contributed by atoms with E-state index >= 15 is 0 Å². The molecule has 1 aromatic carbocycles. The number of carbonyl (C=O) groups excluding carboxylic acids is 1. The quantitative estimate of drug-likeness (QED) is 0.672. The first-order valence-corrected chi connectivity index (χ1v) is 8.23. The van der Waals surface area contributed by atoms with Crippen LogP contribution >= 0.6 is 11.8 Å². The molecule has 0 unspecified atom stereocenters. The van der Waals surface area contributed by atoms with Gasteiger partial charge in [0.25, 0.3) is 0 Å². The first-order valence-electron chi connectivity index (χ1n) is 7.00. The van der Waals surface area contributed by atoms with Gasteiger partial charge in [-0.2, -0.15) is 28.1 Å². The van der Waals surface area contributed by atoms with Crippen molar-refractivity contribution in [2.75, 3.05) is 35.8 Å². The summed E-state index contributed by atoms with van der Waals surface area (Å²) < 4.78 is 38.0. The van der Waals surface area contributed by atoms with Crippen LogP contribution in [0, 0.1) is 0 Å². The number of halogens is 3. The second-order valence-electron chi connectivity index (χ2n) is 4.70. The molecule has 0 saturated carbocycles. The zero-order valence-electron chi connectivity index (χ0n) is 13.3. The van der Waals surface area contributed by atoms with Crippen molar-refractivity contribution in [3.63, 3.8) is 0 Å². The Kier molecular flexibility index (Phi) is 6.02. The van der Waals surface area contributed by atoms with E-state index in [1.807, 2.05) is 0 Å². The Balaban J connectivity index is 1.99. The lowest BCUT2D eigenvalue weighted by Crippen LogP contribution is -2.23. The third kappa shape index (κ3) is 5.48. The predicted octanol–water partition coefficient (Wildman–Crippen LogP) is 2.70. The van der Waals surface area contributed by atoms with Crippen molar-refractivity contribution in [1.82, 2.24) is 15.0 Å². The molecule has 0 saturated heterocycles. The van der Waals surface area contributed by atoms with Gasteiger partial charge in [-0.3, -0.25) is 10.1 Å². The molecule has 0 radical (unpaired) electrons. The fourth-order valence-corrected chi connectivity index (χ4v) is 2.13. The van der Waals surface area contributed by atoms with Crippen molar-refractivity contribution in [3.05, 3.63) is 29.8 Å². The molecule has 0 atom stereocenters. The minimum absolute atomic E-state index is 0.0551. The van der Waals surface area contributed by atoms with Crippen LogP contribution in [0.25, 0.3) is 0 Å². The van der Waals surface area contributed by atoms with Crippen LogP contribution in [-0.2, 0) is 11.0 Å². The minimum Gasteiger partial charge on any atom is -0.376 e. The van der Waals surface area contributed by atoms with Crippen LogP contribution < -0.4 is 16.0 Å². The van der Waals surface area contributed by atoms with Crippen molar-refractivity contribution < 1.29 is 18.0 Å². The smallest absolute Gasteiger partial charge is 0.376 e. The number of thioether (sulfide) groups is 1. The maximum Gasteiger partial charge on any atom is 0.416 e. The Labute approximate surface area is 145 Å². The standard InChI is InChI=1S/C14H15F3N6OS/c1-18-11-21-12(23-13(22-11)25-2)20-10(24)7-19-9-5-3-4-8(6-9)14(15,16)17/h3-6,19H,7H2,1-2H3,(H2,18,20,21,22,23,24). The van der Waals surface area contributed by atoms with E-state index in [1.165, 1.54) is 23.9 Å². The molecular formula is C14H15F3N6OS. The molecule has 1 aromatic heterocycles. The first-order chi connectivity index (χ1) is 11.8. The molecule has 7 nitrogen and oxygen atoms in total. The second-order valence-corrected chi connectivity index (χ2v) is 5.47. The lowest BCUT2D eigenvalue weighted by molar-refractivity contribution is -0.137. The summed E-state index contributed by atoms with van der Waals surface area (Å²) in [5, 5.41) is 8.26. The topological polar surface area (TPSA) is 91.8 Å². The summed E-state index contributed by atoms with van der Waals surface area (Å²) in [5.41, 5.74) is -0.611. The number of hydrogen-bond acceptors (Lipinski definition) is 7. The van der Waals surface area contributed by atoms with Crippen molar-refractivity contribution in [3.8, 4) is 0 Å². The fraction of sp³-hybridized carbons (Fsp3) is 0.286. The number of hydrogen-bond donors (Lipinski definition) is 3. The molecule has 0 aliphatic carbocycles. The molecule has 1 amide bonds. The Morgan fingerprint density at radius 3 is 2.56 bits per heavy atom. The van der Waals surface area contributed by atoms with Gasteiger partial charge in [0, 0.05) is 12.7 Å². The van der Waals surface area contributed by atoms with Gasteiger partial charge in [0.2, 0.25) is 17.8 Å². The van der Waals surface area contributed by atoms with Crippen molar-refractivity contribution in [2.45, 2.75) is 11.3 Å². The molecule has 2 aromatic rings. The maximum absolute atomic E-state index is 12.7. The third-order valence-electron chi connectivity index (χ3n) is 2.92. The number of benzene rings is 1. The molecule has 134 valence electrons. The number of aromatic nitrogens is 3. The largest absolute Gasteiger partial charge is 0.416 e. The van der Waals surface area contributed by atoms with Gasteiger partial charge in [-0.25, -0.2) is 0 Å². The summed E-state index contributed by atoms with van der Waals surface area (Å²) in [6.45, 7) is -0.240. The zero-order chi connectivity index (χ0) is 18.4. The molecule has 0 fully saturated rings. The number of nitrogens with zero attached hydrogens (tertiary/aromatic N) is 3. The molecule has 25 heavy (non-hydrogen) atoms. The number of rotatable bonds is 6. The van der Waals surface area contributed by atoms with Crippen LogP contribution in [0.4, 0.5) is 30.8 Å². The Hall–Kier alpha value is -2.56. The first kappa shape index (κ1) is 18.8. The van der Waals surface area contributed by atoms with Crippen LogP contribution in [0.1, 0.15) is 5.56 Å². The molecule has 0 bridgehead atoms. The summed E-state index contributed by atoms with van der Waals surface area (Å²) in [7, 11) is 1.63. The van der Waals surface area contributed by atoms with Crippen LogP contribution in [0.5, 0.6) is 0 Å². The number of amides is 1. The highest BCUT2D eigenvalue weighted by atomic mass is 32.2. The van der Waals surface area contributed by atoms with Crippen LogP contribution in [0.15, 0.2) is 29.4 Å². The maximum atomic E-state index is 12.7. The molecule has 11 heteroatoms. The lowest BCUT2D eigenvalue weighted by atomic mass is 10.2. The zero-order valence-corrected chi connectivity index (χ0v) is 14.1. The summed E-state index contributed by atoms with van der Waals surface area (Å²) >= 11 is 1.28. The highest BCUT2D eigenvalue weighted by Gasteiger charge is 2.30. The van der Waals surface area contributed by atoms with Gasteiger partial charge < -0.3 is 10.6 Å². The van der Waals surface area contributed by atoms with Gasteiger partial charge in [-0.15, -0.1) is 0 Å². The Morgan fingerprint density at radius 1 is 1.20 bits per heavy atom. The van der Waals surface area contributed by atoms with E-state index in [4.69, 9.17) is 0 Å². The monoisotopic (exact) mass is 372 g/mol. The van der Waals surface area contributed by atoms with Crippen molar-refractivity contribution >= 4 is 35.3 Å². The fourth-order valence-electron chi connectivity index (χ4n) is 1.77. The molecule has 0 aliphatic rings.